The van der Waals surface area contributed by atoms with E-state index in [0.717, 1.165) is 0 Å². The van der Waals surface area contributed by atoms with Gasteiger partial charge in [-0.1, -0.05) is 0 Å². The van der Waals surface area contributed by atoms with Gasteiger partial charge in [0.15, 0.2) is 0 Å². The lowest BCUT2D eigenvalue weighted by molar-refractivity contribution is -0.0765. The number of ether oxygens (including phenoxy) is 3. The smallest absolute Gasteiger partial charge is 0.336 e. The Morgan fingerprint density at radius 1 is 1.17 bits per heavy atom. The van der Waals surface area contributed by atoms with Crippen molar-refractivity contribution in [1.82, 2.24) is 0 Å². The number of aliphatic hydroxyl groups excluding tert-OH is 1. The number of aliphatic hydroxyl groups is 1. The summed E-state index contributed by atoms with van der Waals surface area (Å²) in [5, 5.41) is 11.1. The lowest BCUT2D eigenvalue weighted by Crippen LogP contribution is -2.39. The highest BCUT2D eigenvalue weighted by molar-refractivity contribution is 5.88. The second-order valence-electron chi connectivity index (χ2n) is 5.78. The van der Waals surface area contributed by atoms with Crippen molar-refractivity contribution < 1.29 is 23.7 Å². The maximum Gasteiger partial charge on any atom is 0.336 e. The van der Waals surface area contributed by atoms with Gasteiger partial charge in [0, 0.05) is 31.2 Å². The fourth-order valence-corrected chi connectivity index (χ4v) is 2.35. The van der Waals surface area contributed by atoms with Crippen molar-refractivity contribution in [1.29, 1.82) is 0 Å². The average molecular weight is 322 g/mol. The zero-order valence-corrected chi connectivity index (χ0v) is 14.0. The Balaban J connectivity index is 2.66. The monoisotopic (exact) mass is 322 g/mol. The molecule has 126 valence electrons. The average Bonchev–Trinajstić information content (AvgIpc) is 2.54. The maximum atomic E-state index is 11.6. The molecule has 0 aliphatic carbocycles. The van der Waals surface area contributed by atoms with Gasteiger partial charge in [0.1, 0.15) is 17.1 Å². The molecule has 1 aromatic carbocycles. The largest absolute Gasteiger partial charge is 0.496 e. The number of methoxy groups -OCH3 is 3. The van der Waals surface area contributed by atoms with E-state index in [1.807, 2.05) is 0 Å². The van der Waals surface area contributed by atoms with Crippen LogP contribution >= 0.6 is 0 Å². The van der Waals surface area contributed by atoms with E-state index in [9.17, 15) is 9.90 Å². The zero-order chi connectivity index (χ0) is 17.2. The van der Waals surface area contributed by atoms with Crippen LogP contribution in [0.5, 0.6) is 11.5 Å². The molecule has 6 heteroatoms. The van der Waals surface area contributed by atoms with Crippen molar-refractivity contribution in [2.75, 3.05) is 21.3 Å². The highest BCUT2D eigenvalue weighted by Gasteiger charge is 2.30. The number of hydrogen-bond donors (Lipinski definition) is 1. The predicted molar refractivity (Wildman–Crippen MR) is 86.4 cm³/mol. The first kappa shape index (κ1) is 17.3. The standard InChI is InChI=1S/C17H22O6/c1-17(2,22-5)14(18)8-11-13(21-4)9-12(20-3)10-6-7-15(19)23-16(10)11/h6-7,9,14,18H,8H2,1-5H3. The topological polar surface area (TPSA) is 78.1 Å². The summed E-state index contributed by atoms with van der Waals surface area (Å²) in [6.07, 6.45) is -0.610. The summed E-state index contributed by atoms with van der Waals surface area (Å²) in [4.78, 5) is 11.6. The molecule has 0 fully saturated rings. The van der Waals surface area contributed by atoms with Crippen LogP contribution in [0.3, 0.4) is 0 Å². The van der Waals surface area contributed by atoms with E-state index < -0.39 is 17.3 Å². The Hall–Kier alpha value is -2.05. The zero-order valence-electron chi connectivity index (χ0n) is 14.0. The summed E-state index contributed by atoms with van der Waals surface area (Å²) in [6, 6.07) is 4.68. The summed E-state index contributed by atoms with van der Waals surface area (Å²) in [6.45, 7) is 3.57. The molecule has 0 amide bonds. The van der Waals surface area contributed by atoms with E-state index in [-0.39, 0.29) is 6.42 Å². The molecule has 0 radical (unpaired) electrons. The molecule has 2 aromatic rings. The first-order chi connectivity index (χ1) is 10.8. The lowest BCUT2D eigenvalue weighted by Gasteiger charge is -2.29. The molecule has 0 aliphatic heterocycles. The Labute approximate surface area is 134 Å². The summed E-state index contributed by atoms with van der Waals surface area (Å²) in [5.41, 5.74) is -0.292. The van der Waals surface area contributed by atoms with Crippen molar-refractivity contribution in [2.24, 2.45) is 0 Å². The van der Waals surface area contributed by atoms with E-state index in [4.69, 9.17) is 18.6 Å². The molecule has 1 N–H and O–H groups in total. The molecule has 1 atom stereocenters. The van der Waals surface area contributed by atoms with Gasteiger partial charge in [0.2, 0.25) is 0 Å². The minimum Gasteiger partial charge on any atom is -0.496 e. The molecule has 6 nitrogen and oxygen atoms in total. The van der Waals surface area contributed by atoms with Crippen LogP contribution in [0, 0.1) is 0 Å². The molecule has 1 unspecified atom stereocenters. The van der Waals surface area contributed by atoms with E-state index in [1.54, 1.807) is 26.0 Å². The third-order valence-electron chi connectivity index (χ3n) is 4.10. The molecule has 0 bridgehead atoms. The predicted octanol–water partition coefficient (Wildman–Crippen LogP) is 2.14. The Bertz CT molecular complexity index is 747. The van der Waals surface area contributed by atoms with Crippen LogP contribution in [0.2, 0.25) is 0 Å². The van der Waals surface area contributed by atoms with E-state index in [1.165, 1.54) is 27.4 Å². The highest BCUT2D eigenvalue weighted by atomic mass is 16.5. The molecule has 0 saturated heterocycles. The fourth-order valence-electron chi connectivity index (χ4n) is 2.35. The summed E-state index contributed by atoms with van der Waals surface area (Å²) in [5.74, 6) is 1.01. The second kappa shape index (κ2) is 6.60. The third-order valence-corrected chi connectivity index (χ3v) is 4.10. The minimum absolute atomic E-state index is 0.206. The van der Waals surface area contributed by atoms with Gasteiger partial charge in [0.05, 0.1) is 31.3 Å². The van der Waals surface area contributed by atoms with E-state index >= 15 is 0 Å². The highest BCUT2D eigenvalue weighted by Crippen LogP contribution is 2.36. The second-order valence-corrected chi connectivity index (χ2v) is 5.78. The summed E-state index contributed by atoms with van der Waals surface area (Å²) >= 11 is 0. The summed E-state index contributed by atoms with van der Waals surface area (Å²) in [7, 11) is 4.58. The van der Waals surface area contributed by atoms with Crippen LogP contribution in [0.1, 0.15) is 19.4 Å². The molecule has 0 saturated carbocycles. The van der Waals surface area contributed by atoms with Gasteiger partial charge in [-0.3, -0.25) is 0 Å². The van der Waals surface area contributed by atoms with Crippen LogP contribution < -0.4 is 15.1 Å². The van der Waals surface area contributed by atoms with Gasteiger partial charge < -0.3 is 23.7 Å². The molecule has 0 spiro atoms. The molecular formula is C17H22O6. The lowest BCUT2D eigenvalue weighted by atomic mass is 9.93. The minimum atomic E-state index is -0.816. The molecule has 23 heavy (non-hydrogen) atoms. The van der Waals surface area contributed by atoms with Gasteiger partial charge in [-0.2, -0.15) is 0 Å². The van der Waals surface area contributed by atoms with Gasteiger partial charge in [-0.15, -0.1) is 0 Å². The van der Waals surface area contributed by atoms with Gasteiger partial charge in [0.25, 0.3) is 0 Å². The van der Waals surface area contributed by atoms with E-state index in [2.05, 4.69) is 0 Å². The van der Waals surface area contributed by atoms with Gasteiger partial charge >= 0.3 is 5.63 Å². The van der Waals surface area contributed by atoms with Crippen LogP contribution in [0.4, 0.5) is 0 Å². The summed E-state index contributed by atoms with van der Waals surface area (Å²) < 4.78 is 21.4. The Morgan fingerprint density at radius 2 is 1.83 bits per heavy atom. The molecular weight excluding hydrogens is 300 g/mol. The number of fused-ring (bicyclic) bond motifs is 1. The number of benzene rings is 1. The van der Waals surface area contributed by atoms with Crippen molar-refractivity contribution in [2.45, 2.75) is 32.0 Å². The molecule has 1 aromatic heterocycles. The molecule has 2 rings (SSSR count). The van der Waals surface area contributed by atoms with Crippen LogP contribution in [0.15, 0.2) is 27.4 Å². The fraction of sp³-hybridized carbons (Fsp3) is 0.471. The van der Waals surface area contributed by atoms with Crippen molar-refractivity contribution in [3.63, 3.8) is 0 Å². The number of rotatable bonds is 6. The quantitative estimate of drug-likeness (QED) is 0.821. The normalized spacial score (nSPS) is 13.1. The van der Waals surface area contributed by atoms with Gasteiger partial charge in [-0.05, 0) is 19.9 Å². The molecule has 0 aliphatic rings. The molecule has 1 heterocycles. The van der Waals surface area contributed by atoms with Crippen LogP contribution in [-0.4, -0.2) is 38.1 Å². The van der Waals surface area contributed by atoms with Gasteiger partial charge in [-0.25, -0.2) is 4.79 Å². The van der Waals surface area contributed by atoms with Crippen molar-refractivity contribution in [3.8, 4) is 11.5 Å². The van der Waals surface area contributed by atoms with Crippen molar-refractivity contribution >= 4 is 11.0 Å². The Kier molecular flexibility index (Phi) is 4.97. The maximum absolute atomic E-state index is 11.6. The first-order valence-electron chi connectivity index (χ1n) is 7.25. The van der Waals surface area contributed by atoms with E-state index in [0.29, 0.717) is 28.0 Å². The Morgan fingerprint density at radius 3 is 2.39 bits per heavy atom. The van der Waals surface area contributed by atoms with Crippen LogP contribution in [-0.2, 0) is 11.2 Å². The first-order valence-corrected chi connectivity index (χ1v) is 7.25. The van der Waals surface area contributed by atoms with Crippen molar-refractivity contribution in [3.05, 3.63) is 34.2 Å². The third kappa shape index (κ3) is 3.33. The number of hydrogen-bond acceptors (Lipinski definition) is 6. The SMILES string of the molecule is COc1cc(OC)c2ccc(=O)oc2c1CC(O)C(C)(C)OC. The van der Waals surface area contributed by atoms with Crippen LogP contribution in [0.25, 0.3) is 11.0 Å².